The number of piperazine rings is 1. The second-order valence-electron chi connectivity index (χ2n) is 7.66. The van der Waals surface area contributed by atoms with Crippen LogP contribution in [0.1, 0.15) is 23.1 Å². The fourth-order valence-corrected chi connectivity index (χ4v) is 3.41. The third kappa shape index (κ3) is 6.15. The first-order valence-corrected chi connectivity index (χ1v) is 10.0. The van der Waals surface area contributed by atoms with E-state index in [9.17, 15) is 24.3 Å². The molecule has 3 rings (SSSR count). The van der Waals surface area contributed by atoms with Crippen LogP contribution in [-0.4, -0.2) is 46.9 Å². The maximum atomic E-state index is 12.4. The van der Waals surface area contributed by atoms with Crippen molar-refractivity contribution < 1.29 is 24.3 Å². The van der Waals surface area contributed by atoms with E-state index in [2.05, 4.69) is 16.0 Å². The quantitative estimate of drug-likeness (QED) is 0.498. The molecule has 1 heterocycles. The van der Waals surface area contributed by atoms with Gasteiger partial charge in [0, 0.05) is 12.8 Å². The first kappa shape index (κ1) is 22.0. The Bertz CT molecular complexity index is 959. The number of amides is 3. The van der Waals surface area contributed by atoms with E-state index in [0.717, 1.165) is 16.7 Å². The molecule has 0 aliphatic carbocycles. The summed E-state index contributed by atoms with van der Waals surface area (Å²) in [4.78, 5) is 48.7. The predicted octanol–water partition coefficient (Wildman–Crippen LogP) is 0.723. The Hall–Kier alpha value is -3.68. The van der Waals surface area contributed by atoms with Crippen molar-refractivity contribution in [2.75, 3.05) is 0 Å². The third-order valence-corrected chi connectivity index (χ3v) is 5.13. The number of carboxylic acids is 1. The standard InChI is InChI=1S/C23H25N3O5/c1-14-7-9-16(10-8-14)12-19(23(30)31)24-20(27)13-18-22(29)25-17(21(28)26-18)11-15-5-3-2-4-6-15/h2-10,17-19H,11-13H2,1H3,(H,24,27)(H,25,29)(H,26,28)(H,30,31)/t17-,18-,19+/m0/s1. The number of aliphatic carboxylic acids is 1. The van der Waals surface area contributed by atoms with Crippen LogP contribution in [0.3, 0.4) is 0 Å². The first-order chi connectivity index (χ1) is 14.8. The minimum atomic E-state index is -1.17. The van der Waals surface area contributed by atoms with Crippen LogP contribution in [0.4, 0.5) is 0 Å². The number of nitrogens with one attached hydrogen (secondary N) is 3. The van der Waals surface area contributed by atoms with Gasteiger partial charge >= 0.3 is 5.97 Å². The molecule has 0 spiro atoms. The summed E-state index contributed by atoms with van der Waals surface area (Å²) in [5.74, 6) is -2.65. The number of benzene rings is 2. The fourth-order valence-electron chi connectivity index (χ4n) is 3.41. The molecule has 4 N–H and O–H groups in total. The Balaban J connectivity index is 1.55. The second kappa shape index (κ2) is 9.88. The molecule has 8 heteroatoms. The molecular formula is C23H25N3O5. The lowest BCUT2D eigenvalue weighted by Gasteiger charge is -2.29. The molecule has 1 aliphatic heterocycles. The van der Waals surface area contributed by atoms with E-state index in [-0.39, 0.29) is 18.7 Å². The summed E-state index contributed by atoms with van der Waals surface area (Å²) in [7, 11) is 0. The Labute approximate surface area is 180 Å². The van der Waals surface area contributed by atoms with Gasteiger partial charge in [0.2, 0.25) is 17.7 Å². The lowest BCUT2D eigenvalue weighted by atomic mass is 10.0. The largest absolute Gasteiger partial charge is 0.480 e. The minimum absolute atomic E-state index is 0.115. The zero-order valence-electron chi connectivity index (χ0n) is 17.1. The molecule has 3 atom stereocenters. The molecular weight excluding hydrogens is 398 g/mol. The highest BCUT2D eigenvalue weighted by molar-refractivity contribution is 5.99. The molecule has 0 bridgehead atoms. The van der Waals surface area contributed by atoms with E-state index in [1.54, 1.807) is 12.1 Å². The number of rotatable bonds is 8. The van der Waals surface area contributed by atoms with Gasteiger partial charge in [0.15, 0.2) is 0 Å². The van der Waals surface area contributed by atoms with E-state index >= 15 is 0 Å². The molecule has 162 valence electrons. The zero-order valence-corrected chi connectivity index (χ0v) is 17.1. The molecule has 0 aromatic heterocycles. The van der Waals surface area contributed by atoms with E-state index in [1.807, 2.05) is 49.4 Å². The molecule has 1 saturated heterocycles. The van der Waals surface area contributed by atoms with E-state index < -0.39 is 35.9 Å². The van der Waals surface area contributed by atoms with Crippen LogP contribution in [0.5, 0.6) is 0 Å². The molecule has 0 unspecified atom stereocenters. The van der Waals surface area contributed by atoms with Crippen molar-refractivity contribution in [3.8, 4) is 0 Å². The SMILES string of the molecule is Cc1ccc(C[C@@H](NC(=O)C[C@@H]2NC(=O)[C@H](Cc3ccccc3)NC2=O)C(=O)O)cc1. The van der Waals surface area contributed by atoms with Gasteiger partial charge in [-0.25, -0.2) is 4.79 Å². The number of hydrogen-bond acceptors (Lipinski definition) is 4. The summed E-state index contributed by atoms with van der Waals surface area (Å²) < 4.78 is 0. The number of carbonyl (C=O) groups excluding carboxylic acids is 3. The van der Waals surface area contributed by atoms with E-state index in [4.69, 9.17) is 0 Å². The summed E-state index contributed by atoms with van der Waals surface area (Å²) >= 11 is 0. The molecule has 1 fully saturated rings. The van der Waals surface area contributed by atoms with Crippen molar-refractivity contribution in [2.24, 2.45) is 0 Å². The van der Waals surface area contributed by atoms with Crippen LogP contribution in [0, 0.1) is 6.92 Å². The maximum Gasteiger partial charge on any atom is 0.326 e. The van der Waals surface area contributed by atoms with Crippen molar-refractivity contribution in [3.05, 3.63) is 71.3 Å². The molecule has 0 saturated carbocycles. The van der Waals surface area contributed by atoms with Gasteiger partial charge < -0.3 is 21.1 Å². The summed E-state index contributed by atoms with van der Waals surface area (Å²) in [5, 5.41) is 17.1. The normalized spacial score (nSPS) is 19.1. The van der Waals surface area contributed by atoms with Gasteiger partial charge in [-0.15, -0.1) is 0 Å². The van der Waals surface area contributed by atoms with E-state index in [1.165, 1.54) is 0 Å². The van der Waals surface area contributed by atoms with Gasteiger partial charge in [-0.2, -0.15) is 0 Å². The Morgan fingerprint density at radius 1 is 0.935 bits per heavy atom. The smallest absolute Gasteiger partial charge is 0.326 e. The van der Waals surface area contributed by atoms with Crippen LogP contribution in [0.15, 0.2) is 54.6 Å². The third-order valence-electron chi connectivity index (χ3n) is 5.13. The highest BCUT2D eigenvalue weighted by Crippen LogP contribution is 2.10. The minimum Gasteiger partial charge on any atom is -0.480 e. The summed E-state index contributed by atoms with van der Waals surface area (Å²) in [6.07, 6.45) is 0.117. The van der Waals surface area contributed by atoms with Gasteiger partial charge in [-0.1, -0.05) is 60.2 Å². The summed E-state index contributed by atoms with van der Waals surface area (Å²) in [5.41, 5.74) is 2.72. The molecule has 2 aromatic carbocycles. The van der Waals surface area contributed by atoms with Crippen LogP contribution >= 0.6 is 0 Å². The zero-order chi connectivity index (χ0) is 22.4. The van der Waals surface area contributed by atoms with Crippen LogP contribution in [-0.2, 0) is 32.0 Å². The number of carboxylic acid groups (broad SMARTS) is 1. The van der Waals surface area contributed by atoms with Crippen molar-refractivity contribution in [2.45, 2.75) is 44.3 Å². The van der Waals surface area contributed by atoms with Crippen molar-refractivity contribution in [1.82, 2.24) is 16.0 Å². The summed E-state index contributed by atoms with van der Waals surface area (Å²) in [6, 6.07) is 13.7. The van der Waals surface area contributed by atoms with E-state index in [0.29, 0.717) is 6.42 Å². The van der Waals surface area contributed by atoms with Crippen LogP contribution in [0.2, 0.25) is 0 Å². The van der Waals surface area contributed by atoms with Gasteiger partial charge in [0.05, 0.1) is 6.42 Å². The van der Waals surface area contributed by atoms with Crippen LogP contribution in [0.25, 0.3) is 0 Å². The highest BCUT2D eigenvalue weighted by atomic mass is 16.4. The van der Waals surface area contributed by atoms with Crippen molar-refractivity contribution in [3.63, 3.8) is 0 Å². The maximum absolute atomic E-state index is 12.4. The Kier molecular flexibility index (Phi) is 7.02. The van der Waals surface area contributed by atoms with Crippen molar-refractivity contribution in [1.29, 1.82) is 0 Å². The summed E-state index contributed by atoms with van der Waals surface area (Å²) in [6.45, 7) is 1.92. The first-order valence-electron chi connectivity index (χ1n) is 10.0. The highest BCUT2D eigenvalue weighted by Gasteiger charge is 2.35. The Morgan fingerprint density at radius 3 is 2.19 bits per heavy atom. The van der Waals surface area contributed by atoms with Gasteiger partial charge in [0.25, 0.3) is 0 Å². The van der Waals surface area contributed by atoms with Gasteiger partial charge in [-0.3, -0.25) is 14.4 Å². The molecule has 3 amide bonds. The van der Waals surface area contributed by atoms with Crippen molar-refractivity contribution >= 4 is 23.7 Å². The lowest BCUT2D eigenvalue weighted by Crippen LogP contribution is -2.63. The average molecular weight is 423 g/mol. The topological polar surface area (TPSA) is 125 Å². The number of hydrogen-bond donors (Lipinski definition) is 4. The van der Waals surface area contributed by atoms with Crippen LogP contribution < -0.4 is 16.0 Å². The molecule has 1 aliphatic rings. The second-order valence-corrected chi connectivity index (χ2v) is 7.66. The monoisotopic (exact) mass is 423 g/mol. The fraction of sp³-hybridized carbons (Fsp3) is 0.304. The lowest BCUT2D eigenvalue weighted by molar-refractivity contribution is -0.142. The Morgan fingerprint density at radius 2 is 1.55 bits per heavy atom. The molecule has 0 radical (unpaired) electrons. The van der Waals surface area contributed by atoms with Gasteiger partial charge in [-0.05, 0) is 18.1 Å². The molecule has 31 heavy (non-hydrogen) atoms. The predicted molar refractivity (Wildman–Crippen MR) is 113 cm³/mol. The average Bonchev–Trinajstić information content (AvgIpc) is 2.73. The molecule has 8 nitrogen and oxygen atoms in total. The number of carbonyl (C=O) groups is 4. The molecule has 2 aromatic rings. The number of aryl methyl sites for hydroxylation is 1. The van der Waals surface area contributed by atoms with Gasteiger partial charge in [0.1, 0.15) is 18.1 Å².